The van der Waals surface area contributed by atoms with Gasteiger partial charge in [0, 0.05) is 24.8 Å². The van der Waals surface area contributed by atoms with Crippen LogP contribution in [0.5, 0.6) is 0 Å². The number of fused-ring (bicyclic) bond motifs is 1. The van der Waals surface area contributed by atoms with Crippen LogP contribution in [0.4, 0.5) is 5.82 Å². The summed E-state index contributed by atoms with van der Waals surface area (Å²) in [6, 6.07) is 2.06. The highest BCUT2D eigenvalue weighted by molar-refractivity contribution is 6.18. The predicted octanol–water partition coefficient (Wildman–Crippen LogP) is 2.50. The summed E-state index contributed by atoms with van der Waals surface area (Å²) in [5.74, 6) is 1.82. The maximum absolute atomic E-state index is 5.65. The molecule has 0 aliphatic rings. The Labute approximate surface area is 99.6 Å². The van der Waals surface area contributed by atoms with Crippen molar-refractivity contribution in [2.24, 2.45) is 0 Å². The molecular weight excluding hydrogens is 224 g/mol. The maximum Gasteiger partial charge on any atom is 0.152 e. The van der Waals surface area contributed by atoms with Crippen molar-refractivity contribution in [1.82, 2.24) is 14.6 Å². The van der Waals surface area contributed by atoms with Gasteiger partial charge >= 0.3 is 0 Å². The number of nitrogens with zero attached hydrogens (tertiary/aromatic N) is 3. The Bertz CT molecular complexity index is 478. The molecule has 0 atom stereocenters. The fourth-order valence-electron chi connectivity index (χ4n) is 1.52. The molecule has 0 radical (unpaired) electrons. The highest BCUT2D eigenvalue weighted by Gasteiger charge is 2.08. The van der Waals surface area contributed by atoms with Gasteiger partial charge in [-0.2, -0.15) is 5.10 Å². The Morgan fingerprint density at radius 2 is 2.31 bits per heavy atom. The number of rotatable bonds is 4. The van der Waals surface area contributed by atoms with Crippen LogP contribution in [0.15, 0.2) is 18.5 Å². The Hall–Kier alpha value is -1.29. The molecule has 2 aromatic rings. The third kappa shape index (κ3) is 2.11. The first kappa shape index (κ1) is 11.2. The normalized spacial score (nSPS) is 11.2. The summed E-state index contributed by atoms with van der Waals surface area (Å²) in [7, 11) is 0. The average Bonchev–Trinajstić information content (AvgIpc) is 2.70. The van der Waals surface area contributed by atoms with Crippen molar-refractivity contribution in [2.75, 3.05) is 17.7 Å². The number of aromatic nitrogens is 3. The number of hydrogen-bond acceptors (Lipinski definition) is 3. The first-order valence-corrected chi connectivity index (χ1v) is 5.90. The van der Waals surface area contributed by atoms with E-state index in [2.05, 4.69) is 35.3 Å². The summed E-state index contributed by atoms with van der Waals surface area (Å²) in [5.41, 5.74) is 2.07. The van der Waals surface area contributed by atoms with Gasteiger partial charge in [-0.15, -0.1) is 11.6 Å². The predicted molar refractivity (Wildman–Crippen MR) is 66.3 cm³/mol. The SMILES string of the molecule is CC(C)c1cc2c(NCCCl)nccn2n1. The largest absolute Gasteiger partial charge is 0.367 e. The van der Waals surface area contributed by atoms with Crippen molar-refractivity contribution in [3.05, 3.63) is 24.2 Å². The summed E-state index contributed by atoms with van der Waals surface area (Å²) in [5, 5.41) is 7.67. The van der Waals surface area contributed by atoms with E-state index < -0.39 is 0 Å². The molecule has 2 rings (SSSR count). The second kappa shape index (κ2) is 4.70. The van der Waals surface area contributed by atoms with Gasteiger partial charge in [-0.25, -0.2) is 9.50 Å². The van der Waals surface area contributed by atoms with E-state index in [9.17, 15) is 0 Å². The van der Waals surface area contributed by atoms with Crippen molar-refractivity contribution in [3.8, 4) is 0 Å². The molecule has 86 valence electrons. The summed E-state index contributed by atoms with van der Waals surface area (Å²) >= 11 is 5.65. The molecule has 0 amide bonds. The molecule has 1 N–H and O–H groups in total. The van der Waals surface area contributed by atoms with Crippen LogP contribution < -0.4 is 5.32 Å². The highest BCUT2D eigenvalue weighted by Crippen LogP contribution is 2.19. The van der Waals surface area contributed by atoms with Crippen LogP contribution in [0.25, 0.3) is 5.52 Å². The van der Waals surface area contributed by atoms with Gasteiger partial charge in [0.05, 0.1) is 5.69 Å². The Kier molecular flexibility index (Phi) is 3.29. The van der Waals surface area contributed by atoms with Gasteiger partial charge in [0.2, 0.25) is 0 Å². The van der Waals surface area contributed by atoms with Crippen LogP contribution in [0.3, 0.4) is 0 Å². The molecule has 0 saturated heterocycles. The minimum absolute atomic E-state index is 0.417. The van der Waals surface area contributed by atoms with Gasteiger partial charge in [0.15, 0.2) is 5.82 Å². The van der Waals surface area contributed by atoms with E-state index >= 15 is 0 Å². The van der Waals surface area contributed by atoms with Gasteiger partial charge in [0.25, 0.3) is 0 Å². The first-order valence-electron chi connectivity index (χ1n) is 5.36. The number of alkyl halides is 1. The van der Waals surface area contributed by atoms with Crippen LogP contribution >= 0.6 is 11.6 Å². The monoisotopic (exact) mass is 238 g/mol. The second-order valence-corrected chi connectivity index (χ2v) is 4.32. The average molecular weight is 239 g/mol. The Balaban J connectivity index is 2.41. The van der Waals surface area contributed by atoms with E-state index in [4.69, 9.17) is 11.6 Å². The minimum Gasteiger partial charge on any atom is -0.367 e. The Morgan fingerprint density at radius 1 is 1.50 bits per heavy atom. The van der Waals surface area contributed by atoms with Crippen molar-refractivity contribution in [1.29, 1.82) is 0 Å². The molecule has 0 aliphatic carbocycles. The van der Waals surface area contributed by atoms with E-state index in [0.29, 0.717) is 18.3 Å². The fourth-order valence-corrected chi connectivity index (χ4v) is 1.62. The van der Waals surface area contributed by atoms with Crippen LogP contribution in [0, 0.1) is 0 Å². The summed E-state index contributed by atoms with van der Waals surface area (Å²) in [6.45, 7) is 4.96. The lowest BCUT2D eigenvalue weighted by Crippen LogP contribution is -2.05. The number of nitrogens with one attached hydrogen (secondary N) is 1. The number of halogens is 1. The quantitative estimate of drug-likeness (QED) is 0.833. The lowest BCUT2D eigenvalue weighted by atomic mass is 10.1. The minimum atomic E-state index is 0.417. The molecule has 16 heavy (non-hydrogen) atoms. The first-order chi connectivity index (χ1) is 7.72. The molecular formula is C11H15ClN4. The second-order valence-electron chi connectivity index (χ2n) is 3.95. The number of anilines is 1. The van der Waals surface area contributed by atoms with Gasteiger partial charge in [-0.3, -0.25) is 0 Å². The van der Waals surface area contributed by atoms with Gasteiger partial charge in [-0.05, 0) is 12.0 Å². The summed E-state index contributed by atoms with van der Waals surface area (Å²) < 4.78 is 1.85. The lowest BCUT2D eigenvalue weighted by molar-refractivity contribution is 0.787. The standard InChI is InChI=1S/C11H15ClN4/c1-8(2)9-7-10-11(13-4-3-12)14-5-6-16(10)15-9/h5-8H,3-4H2,1-2H3,(H,13,14). The number of hydrogen-bond donors (Lipinski definition) is 1. The third-order valence-electron chi connectivity index (χ3n) is 2.39. The van der Waals surface area contributed by atoms with E-state index in [1.807, 2.05) is 10.7 Å². The van der Waals surface area contributed by atoms with E-state index in [1.54, 1.807) is 6.20 Å². The zero-order chi connectivity index (χ0) is 11.5. The molecule has 0 bridgehead atoms. The molecule has 0 spiro atoms. The molecule has 0 aromatic carbocycles. The topological polar surface area (TPSA) is 42.2 Å². The van der Waals surface area contributed by atoms with E-state index in [0.717, 1.165) is 17.0 Å². The van der Waals surface area contributed by atoms with Crippen LogP contribution in [-0.2, 0) is 0 Å². The zero-order valence-electron chi connectivity index (χ0n) is 9.44. The molecule has 2 heterocycles. The van der Waals surface area contributed by atoms with Gasteiger partial charge < -0.3 is 5.32 Å². The van der Waals surface area contributed by atoms with Crippen LogP contribution in [0.1, 0.15) is 25.5 Å². The molecule has 0 unspecified atom stereocenters. The van der Waals surface area contributed by atoms with E-state index in [-0.39, 0.29) is 0 Å². The smallest absolute Gasteiger partial charge is 0.152 e. The van der Waals surface area contributed by atoms with Crippen molar-refractivity contribution in [2.45, 2.75) is 19.8 Å². The zero-order valence-corrected chi connectivity index (χ0v) is 10.2. The van der Waals surface area contributed by atoms with Crippen LogP contribution in [0.2, 0.25) is 0 Å². The molecule has 0 aliphatic heterocycles. The molecule has 4 nitrogen and oxygen atoms in total. The van der Waals surface area contributed by atoms with Crippen molar-refractivity contribution in [3.63, 3.8) is 0 Å². The van der Waals surface area contributed by atoms with Crippen molar-refractivity contribution >= 4 is 22.9 Å². The highest BCUT2D eigenvalue weighted by atomic mass is 35.5. The molecule has 2 aromatic heterocycles. The molecule has 5 heteroatoms. The molecule has 0 saturated carbocycles. The summed E-state index contributed by atoms with van der Waals surface area (Å²) in [4.78, 5) is 4.29. The summed E-state index contributed by atoms with van der Waals surface area (Å²) in [6.07, 6.45) is 3.59. The van der Waals surface area contributed by atoms with Crippen LogP contribution in [-0.4, -0.2) is 27.0 Å². The fraction of sp³-hybridized carbons (Fsp3) is 0.455. The van der Waals surface area contributed by atoms with E-state index in [1.165, 1.54) is 0 Å². The van der Waals surface area contributed by atoms with Gasteiger partial charge in [-0.1, -0.05) is 13.8 Å². The third-order valence-corrected chi connectivity index (χ3v) is 2.58. The molecule has 0 fully saturated rings. The van der Waals surface area contributed by atoms with Crippen molar-refractivity contribution < 1.29 is 0 Å². The van der Waals surface area contributed by atoms with Gasteiger partial charge in [0.1, 0.15) is 5.52 Å². The Morgan fingerprint density at radius 3 is 3.00 bits per heavy atom. The lowest BCUT2D eigenvalue weighted by Gasteiger charge is -2.03. The maximum atomic E-state index is 5.65.